The molecule has 0 heterocycles. The second-order valence-electron chi connectivity index (χ2n) is 4.87. The molecular formula is C16H9Cl3. The first-order valence-corrected chi connectivity index (χ1v) is 7.35. The third-order valence-corrected chi connectivity index (χ3v) is 5.29. The molecule has 0 saturated heterocycles. The summed E-state index contributed by atoms with van der Waals surface area (Å²) in [6, 6.07) is 14.3. The summed E-state index contributed by atoms with van der Waals surface area (Å²) in [5.41, 5.74) is 2.06. The molecule has 0 fully saturated rings. The first-order valence-electron chi connectivity index (χ1n) is 6.10. The quantitative estimate of drug-likeness (QED) is 0.341. The Balaban J connectivity index is 2.37. The van der Waals surface area contributed by atoms with E-state index < -0.39 is 0 Å². The van der Waals surface area contributed by atoms with E-state index in [1.807, 2.05) is 18.2 Å². The van der Waals surface area contributed by atoms with Crippen LogP contribution in [0.25, 0.3) is 21.5 Å². The normalized spacial score (nSPS) is 21.4. The Morgan fingerprint density at radius 2 is 1.42 bits per heavy atom. The highest BCUT2D eigenvalue weighted by atomic mass is 35.5. The minimum absolute atomic E-state index is 0.247. The maximum absolute atomic E-state index is 6.54. The molecule has 0 spiro atoms. The van der Waals surface area contributed by atoms with Gasteiger partial charge in [-0.25, -0.2) is 0 Å². The summed E-state index contributed by atoms with van der Waals surface area (Å²) in [4.78, 5) is 0. The lowest BCUT2D eigenvalue weighted by Crippen LogP contribution is -2.08. The molecule has 0 nitrogen and oxygen atoms in total. The van der Waals surface area contributed by atoms with Crippen molar-refractivity contribution < 1.29 is 0 Å². The Hall–Kier alpha value is -0.950. The molecule has 3 heteroatoms. The number of rotatable bonds is 0. The SMILES string of the molecule is Clc1ccc2ccc3cccc4c3c2c1C(Cl)C4Cl. The van der Waals surface area contributed by atoms with E-state index >= 15 is 0 Å². The van der Waals surface area contributed by atoms with Crippen molar-refractivity contribution in [3.63, 3.8) is 0 Å². The molecule has 3 aromatic rings. The van der Waals surface area contributed by atoms with Gasteiger partial charge in [0.25, 0.3) is 0 Å². The van der Waals surface area contributed by atoms with E-state index in [-0.39, 0.29) is 10.8 Å². The molecule has 0 amide bonds. The van der Waals surface area contributed by atoms with Gasteiger partial charge in [0.2, 0.25) is 0 Å². The molecule has 0 radical (unpaired) electrons. The molecule has 0 bridgehead atoms. The van der Waals surface area contributed by atoms with Gasteiger partial charge in [0.15, 0.2) is 0 Å². The third kappa shape index (κ3) is 1.48. The summed E-state index contributed by atoms with van der Waals surface area (Å²) in [5.74, 6) is 0. The van der Waals surface area contributed by atoms with Crippen LogP contribution in [0, 0.1) is 0 Å². The molecule has 1 aliphatic carbocycles. The smallest absolute Gasteiger partial charge is 0.0810 e. The predicted octanol–water partition coefficient (Wildman–Crippen LogP) is 6.22. The van der Waals surface area contributed by atoms with Gasteiger partial charge in [0.05, 0.1) is 10.8 Å². The van der Waals surface area contributed by atoms with Crippen LogP contribution in [0.2, 0.25) is 5.02 Å². The Bertz CT molecular complexity index is 823. The van der Waals surface area contributed by atoms with Crippen LogP contribution in [0.15, 0.2) is 42.5 Å². The lowest BCUT2D eigenvalue weighted by Gasteiger charge is -2.27. The van der Waals surface area contributed by atoms with Crippen LogP contribution in [-0.4, -0.2) is 0 Å². The molecule has 19 heavy (non-hydrogen) atoms. The molecule has 0 saturated carbocycles. The molecular weight excluding hydrogens is 299 g/mol. The Kier molecular flexibility index (Phi) is 2.51. The highest BCUT2D eigenvalue weighted by Crippen LogP contribution is 2.52. The van der Waals surface area contributed by atoms with Crippen molar-refractivity contribution in [3.05, 3.63) is 58.6 Å². The van der Waals surface area contributed by atoms with Crippen molar-refractivity contribution in [3.8, 4) is 0 Å². The zero-order valence-electron chi connectivity index (χ0n) is 9.83. The molecule has 2 unspecified atom stereocenters. The summed E-state index contributed by atoms with van der Waals surface area (Å²) in [7, 11) is 0. The minimum atomic E-state index is -0.293. The van der Waals surface area contributed by atoms with Crippen molar-refractivity contribution in [2.75, 3.05) is 0 Å². The second-order valence-corrected chi connectivity index (χ2v) is 6.22. The van der Waals surface area contributed by atoms with Crippen LogP contribution >= 0.6 is 34.8 Å². The van der Waals surface area contributed by atoms with Gasteiger partial charge in [0, 0.05) is 5.02 Å². The van der Waals surface area contributed by atoms with Crippen molar-refractivity contribution in [1.29, 1.82) is 0 Å². The van der Waals surface area contributed by atoms with Crippen LogP contribution in [0.5, 0.6) is 0 Å². The first-order chi connectivity index (χ1) is 9.18. The zero-order valence-corrected chi connectivity index (χ0v) is 12.1. The van der Waals surface area contributed by atoms with Crippen LogP contribution in [-0.2, 0) is 0 Å². The molecule has 1 aliphatic rings. The van der Waals surface area contributed by atoms with Crippen molar-refractivity contribution in [2.24, 2.45) is 0 Å². The van der Waals surface area contributed by atoms with Gasteiger partial charge in [0.1, 0.15) is 0 Å². The summed E-state index contributed by atoms with van der Waals surface area (Å²) >= 11 is 19.4. The van der Waals surface area contributed by atoms with E-state index in [9.17, 15) is 0 Å². The lowest BCUT2D eigenvalue weighted by molar-refractivity contribution is 0.888. The molecule has 0 aromatic heterocycles. The average molecular weight is 308 g/mol. The maximum atomic E-state index is 6.54. The van der Waals surface area contributed by atoms with Gasteiger partial charge in [-0.3, -0.25) is 0 Å². The van der Waals surface area contributed by atoms with E-state index in [2.05, 4.69) is 24.3 Å². The second kappa shape index (κ2) is 4.02. The lowest BCUT2D eigenvalue weighted by atomic mass is 9.85. The van der Waals surface area contributed by atoms with Crippen LogP contribution in [0.3, 0.4) is 0 Å². The van der Waals surface area contributed by atoms with Crippen molar-refractivity contribution in [2.45, 2.75) is 10.8 Å². The topological polar surface area (TPSA) is 0 Å². The van der Waals surface area contributed by atoms with Gasteiger partial charge in [-0.15, -0.1) is 23.2 Å². The van der Waals surface area contributed by atoms with Gasteiger partial charge >= 0.3 is 0 Å². The summed E-state index contributed by atoms with van der Waals surface area (Å²) < 4.78 is 0. The Labute approximate surface area is 125 Å². The molecule has 0 N–H and O–H groups in total. The van der Waals surface area contributed by atoms with E-state index in [0.29, 0.717) is 5.02 Å². The molecule has 3 aromatic carbocycles. The minimum Gasteiger partial charge on any atom is -0.116 e. The molecule has 2 atom stereocenters. The van der Waals surface area contributed by atoms with Crippen molar-refractivity contribution in [1.82, 2.24) is 0 Å². The standard InChI is InChI=1S/C16H9Cl3/c17-11-7-6-9-5-4-8-2-1-3-10-12(8)13(9)14(11)16(19)15(10)18/h1-7,15-16H. The van der Waals surface area contributed by atoms with Crippen LogP contribution in [0.4, 0.5) is 0 Å². The number of benzene rings is 3. The number of hydrogen-bond donors (Lipinski definition) is 0. The highest BCUT2D eigenvalue weighted by molar-refractivity contribution is 6.38. The monoisotopic (exact) mass is 306 g/mol. The van der Waals surface area contributed by atoms with E-state index in [1.54, 1.807) is 0 Å². The largest absolute Gasteiger partial charge is 0.116 e. The van der Waals surface area contributed by atoms with Gasteiger partial charge < -0.3 is 0 Å². The summed E-state index contributed by atoms with van der Waals surface area (Å²) in [6.45, 7) is 0. The molecule has 0 aliphatic heterocycles. The zero-order chi connectivity index (χ0) is 13.1. The number of alkyl halides is 2. The van der Waals surface area contributed by atoms with Gasteiger partial charge in [-0.1, -0.05) is 48.0 Å². The summed E-state index contributed by atoms with van der Waals surface area (Å²) in [5, 5.41) is 4.84. The van der Waals surface area contributed by atoms with Crippen molar-refractivity contribution >= 4 is 56.3 Å². The fourth-order valence-corrected chi connectivity index (χ4v) is 4.03. The van der Waals surface area contributed by atoms with Gasteiger partial charge in [-0.05, 0) is 38.7 Å². The average Bonchev–Trinajstić information content (AvgIpc) is 2.43. The first kappa shape index (κ1) is 11.8. The number of halogens is 3. The Morgan fingerprint density at radius 1 is 0.737 bits per heavy atom. The molecule has 4 rings (SSSR count). The predicted molar refractivity (Wildman–Crippen MR) is 83.7 cm³/mol. The van der Waals surface area contributed by atoms with E-state index in [4.69, 9.17) is 34.8 Å². The van der Waals surface area contributed by atoms with Crippen LogP contribution in [0.1, 0.15) is 21.9 Å². The highest BCUT2D eigenvalue weighted by Gasteiger charge is 2.31. The van der Waals surface area contributed by atoms with E-state index in [0.717, 1.165) is 21.9 Å². The maximum Gasteiger partial charge on any atom is 0.0810 e. The van der Waals surface area contributed by atoms with E-state index in [1.165, 1.54) is 10.8 Å². The number of hydrogen-bond acceptors (Lipinski definition) is 0. The fraction of sp³-hybridized carbons (Fsp3) is 0.125. The fourth-order valence-electron chi connectivity index (χ4n) is 3.03. The van der Waals surface area contributed by atoms with Crippen LogP contribution < -0.4 is 0 Å². The molecule has 94 valence electrons. The Morgan fingerprint density at radius 3 is 2.21 bits per heavy atom. The third-order valence-electron chi connectivity index (χ3n) is 3.88. The summed E-state index contributed by atoms with van der Waals surface area (Å²) in [6.07, 6.45) is 0. The van der Waals surface area contributed by atoms with Gasteiger partial charge in [-0.2, -0.15) is 0 Å².